The van der Waals surface area contributed by atoms with Gasteiger partial charge < -0.3 is 5.32 Å². The van der Waals surface area contributed by atoms with E-state index in [1.54, 1.807) is 0 Å². The molecule has 1 aliphatic carbocycles. The molecule has 1 saturated carbocycles. The van der Waals surface area contributed by atoms with Gasteiger partial charge in [-0.25, -0.2) is 0 Å². The molecule has 15 heavy (non-hydrogen) atoms. The van der Waals surface area contributed by atoms with Gasteiger partial charge in [0.2, 0.25) is 0 Å². The van der Waals surface area contributed by atoms with Crippen molar-refractivity contribution in [2.24, 2.45) is 13.0 Å². The molecule has 0 spiro atoms. The molecule has 2 rings (SSSR count). The molecule has 1 atom stereocenters. The minimum atomic E-state index is 0.430. The van der Waals surface area contributed by atoms with Gasteiger partial charge in [0.15, 0.2) is 0 Å². The first-order chi connectivity index (χ1) is 7.18. The summed E-state index contributed by atoms with van der Waals surface area (Å²) in [6.07, 6.45) is 6.22. The van der Waals surface area contributed by atoms with Crippen LogP contribution in [0.3, 0.4) is 0 Å². The maximum Gasteiger partial charge on any atom is 0.0540 e. The SMILES string of the molecule is Cc1c(C(C)NCC2CCC2)cnn1C. The summed E-state index contributed by atoms with van der Waals surface area (Å²) in [6.45, 7) is 5.52. The fourth-order valence-corrected chi connectivity index (χ4v) is 2.09. The molecule has 0 saturated heterocycles. The number of hydrogen-bond donors (Lipinski definition) is 1. The van der Waals surface area contributed by atoms with Crippen LogP contribution in [0.4, 0.5) is 0 Å². The van der Waals surface area contributed by atoms with Crippen LogP contribution in [0.2, 0.25) is 0 Å². The topological polar surface area (TPSA) is 29.9 Å². The quantitative estimate of drug-likeness (QED) is 0.820. The Bertz CT molecular complexity index is 326. The van der Waals surface area contributed by atoms with Gasteiger partial charge in [-0.2, -0.15) is 5.10 Å². The predicted octanol–water partition coefficient (Wildman–Crippen LogP) is 2.18. The lowest BCUT2D eigenvalue weighted by Gasteiger charge is -2.27. The van der Waals surface area contributed by atoms with Crippen molar-refractivity contribution in [3.63, 3.8) is 0 Å². The first kappa shape index (κ1) is 10.7. The summed E-state index contributed by atoms with van der Waals surface area (Å²) < 4.78 is 1.94. The van der Waals surface area contributed by atoms with E-state index in [0.29, 0.717) is 6.04 Å². The standard InChI is InChI=1S/C12H21N3/c1-9(13-7-11-5-4-6-11)12-8-14-15(3)10(12)2/h8-9,11,13H,4-7H2,1-3H3. The lowest BCUT2D eigenvalue weighted by molar-refractivity contribution is 0.292. The van der Waals surface area contributed by atoms with Gasteiger partial charge in [-0.3, -0.25) is 4.68 Å². The van der Waals surface area contributed by atoms with Crippen molar-refractivity contribution in [3.8, 4) is 0 Å². The van der Waals surface area contributed by atoms with E-state index in [1.165, 1.54) is 30.5 Å². The van der Waals surface area contributed by atoms with Crippen LogP contribution < -0.4 is 5.32 Å². The second-order valence-electron chi connectivity index (χ2n) is 4.74. The summed E-state index contributed by atoms with van der Waals surface area (Å²) in [7, 11) is 2.00. The van der Waals surface area contributed by atoms with Crippen LogP contribution in [-0.4, -0.2) is 16.3 Å². The van der Waals surface area contributed by atoms with Gasteiger partial charge >= 0.3 is 0 Å². The van der Waals surface area contributed by atoms with Crippen molar-refractivity contribution < 1.29 is 0 Å². The summed E-state index contributed by atoms with van der Waals surface area (Å²) in [5, 5.41) is 7.88. The fraction of sp³-hybridized carbons (Fsp3) is 0.750. The highest BCUT2D eigenvalue weighted by molar-refractivity contribution is 5.19. The van der Waals surface area contributed by atoms with Crippen molar-refractivity contribution in [1.29, 1.82) is 0 Å². The van der Waals surface area contributed by atoms with E-state index in [0.717, 1.165) is 12.5 Å². The molecule has 1 N–H and O–H groups in total. The highest BCUT2D eigenvalue weighted by Gasteiger charge is 2.19. The largest absolute Gasteiger partial charge is 0.310 e. The van der Waals surface area contributed by atoms with Gasteiger partial charge in [0.05, 0.1) is 6.20 Å². The molecule has 3 heteroatoms. The third-order valence-electron chi connectivity index (χ3n) is 3.68. The third-order valence-corrected chi connectivity index (χ3v) is 3.68. The molecule has 0 aliphatic heterocycles. The minimum Gasteiger partial charge on any atom is -0.310 e. The highest BCUT2D eigenvalue weighted by Crippen LogP contribution is 2.26. The Morgan fingerprint density at radius 3 is 2.80 bits per heavy atom. The highest BCUT2D eigenvalue weighted by atomic mass is 15.3. The molecular weight excluding hydrogens is 186 g/mol. The molecule has 84 valence electrons. The zero-order valence-corrected chi connectivity index (χ0v) is 9.95. The molecule has 1 aromatic heterocycles. The Hall–Kier alpha value is -0.830. The average Bonchev–Trinajstić information content (AvgIpc) is 2.45. The summed E-state index contributed by atoms with van der Waals surface area (Å²) in [4.78, 5) is 0. The van der Waals surface area contributed by atoms with E-state index >= 15 is 0 Å². The summed E-state index contributed by atoms with van der Waals surface area (Å²) >= 11 is 0. The lowest BCUT2D eigenvalue weighted by Crippen LogP contribution is -2.29. The van der Waals surface area contributed by atoms with Crippen LogP contribution in [0.25, 0.3) is 0 Å². The maximum atomic E-state index is 4.28. The van der Waals surface area contributed by atoms with Crippen LogP contribution in [0.5, 0.6) is 0 Å². The number of rotatable bonds is 4. The number of aromatic nitrogens is 2. The summed E-state index contributed by atoms with van der Waals surface area (Å²) in [5.74, 6) is 0.921. The zero-order chi connectivity index (χ0) is 10.8. The Morgan fingerprint density at radius 1 is 1.60 bits per heavy atom. The minimum absolute atomic E-state index is 0.430. The van der Waals surface area contributed by atoms with Crippen molar-refractivity contribution in [1.82, 2.24) is 15.1 Å². The van der Waals surface area contributed by atoms with Crippen LogP contribution in [-0.2, 0) is 7.05 Å². The summed E-state index contributed by atoms with van der Waals surface area (Å²) in [5.41, 5.74) is 2.60. The lowest BCUT2D eigenvalue weighted by atomic mass is 9.85. The number of hydrogen-bond acceptors (Lipinski definition) is 2. The molecule has 0 bridgehead atoms. The van der Waals surface area contributed by atoms with Crippen molar-refractivity contribution in [2.45, 2.75) is 39.2 Å². The number of aryl methyl sites for hydroxylation is 1. The summed E-state index contributed by atoms with van der Waals surface area (Å²) in [6, 6.07) is 0.430. The Morgan fingerprint density at radius 2 is 2.33 bits per heavy atom. The molecular formula is C12H21N3. The predicted molar refractivity (Wildman–Crippen MR) is 61.7 cm³/mol. The van der Waals surface area contributed by atoms with Gasteiger partial charge in [-0.1, -0.05) is 6.42 Å². The van der Waals surface area contributed by atoms with Crippen LogP contribution in [0.15, 0.2) is 6.20 Å². The van der Waals surface area contributed by atoms with Gasteiger partial charge in [-0.15, -0.1) is 0 Å². The smallest absolute Gasteiger partial charge is 0.0540 e. The third kappa shape index (κ3) is 2.23. The normalized spacial score (nSPS) is 18.9. The van der Waals surface area contributed by atoms with Gasteiger partial charge in [0.1, 0.15) is 0 Å². The molecule has 1 unspecified atom stereocenters. The fourth-order valence-electron chi connectivity index (χ4n) is 2.09. The van der Waals surface area contributed by atoms with E-state index in [1.807, 2.05) is 17.9 Å². The molecule has 0 aromatic carbocycles. The van der Waals surface area contributed by atoms with Gasteiger partial charge in [0, 0.05) is 24.3 Å². The molecule has 0 amide bonds. The maximum absolute atomic E-state index is 4.28. The second-order valence-corrected chi connectivity index (χ2v) is 4.74. The van der Waals surface area contributed by atoms with Crippen molar-refractivity contribution >= 4 is 0 Å². The Balaban J connectivity index is 1.89. The van der Waals surface area contributed by atoms with Gasteiger partial charge in [0.25, 0.3) is 0 Å². The number of nitrogens with zero attached hydrogens (tertiary/aromatic N) is 2. The van der Waals surface area contributed by atoms with E-state index in [4.69, 9.17) is 0 Å². The number of nitrogens with one attached hydrogen (secondary N) is 1. The van der Waals surface area contributed by atoms with Crippen molar-refractivity contribution in [2.75, 3.05) is 6.54 Å². The first-order valence-electron chi connectivity index (χ1n) is 5.90. The average molecular weight is 207 g/mol. The van der Waals surface area contributed by atoms with Crippen LogP contribution in [0, 0.1) is 12.8 Å². The van der Waals surface area contributed by atoms with Crippen molar-refractivity contribution in [3.05, 3.63) is 17.5 Å². The molecule has 3 nitrogen and oxygen atoms in total. The monoisotopic (exact) mass is 207 g/mol. The van der Waals surface area contributed by atoms with E-state index in [-0.39, 0.29) is 0 Å². The van der Waals surface area contributed by atoms with E-state index < -0.39 is 0 Å². The van der Waals surface area contributed by atoms with E-state index in [9.17, 15) is 0 Å². The second kappa shape index (κ2) is 4.35. The Labute approximate surface area is 91.9 Å². The zero-order valence-electron chi connectivity index (χ0n) is 9.95. The van der Waals surface area contributed by atoms with Crippen LogP contribution >= 0.6 is 0 Å². The molecule has 1 aliphatic rings. The van der Waals surface area contributed by atoms with Crippen LogP contribution in [0.1, 0.15) is 43.5 Å². The first-order valence-corrected chi connectivity index (χ1v) is 5.90. The van der Waals surface area contributed by atoms with Gasteiger partial charge in [-0.05, 0) is 39.2 Å². The molecule has 1 fully saturated rings. The molecule has 0 radical (unpaired) electrons. The Kier molecular flexibility index (Phi) is 3.10. The van der Waals surface area contributed by atoms with E-state index in [2.05, 4.69) is 24.3 Å². The molecule has 1 aromatic rings. The molecule has 1 heterocycles.